The third kappa shape index (κ3) is 4.04. The Balaban J connectivity index is 2.34. The summed E-state index contributed by atoms with van der Waals surface area (Å²) in [5.74, 6) is -13.1. The fraction of sp³-hybridized carbons (Fsp3) is 0.381. The Kier molecular flexibility index (Phi) is 6.51. The van der Waals surface area contributed by atoms with Gasteiger partial charge in [-0.15, -0.1) is 0 Å². The van der Waals surface area contributed by atoms with Crippen molar-refractivity contribution in [1.82, 2.24) is 4.90 Å². The van der Waals surface area contributed by atoms with E-state index < -0.39 is 57.0 Å². The van der Waals surface area contributed by atoms with Gasteiger partial charge in [-0.2, -0.15) is 26.3 Å². The number of hydrogen-bond acceptors (Lipinski definition) is 5. The Morgan fingerprint density at radius 2 is 1.76 bits per heavy atom. The molecule has 0 N–H and O–H groups in total. The summed E-state index contributed by atoms with van der Waals surface area (Å²) in [6, 6.07) is 0.674. The second-order valence-electron chi connectivity index (χ2n) is 7.56. The van der Waals surface area contributed by atoms with Crippen molar-refractivity contribution in [2.24, 2.45) is 0 Å². The Bertz CT molecular complexity index is 1100. The standard InChI is InChI=1S/C21H17ClF6N2O4/c1-3-34-18(31)15-14-10-11(2)8-9-29(14)17(12-4-6-13(7-5-12)30(32)33)16(15)19(23,24)20(25,26)21(22,27)28/h4-10,14,17H,3H2,1-2H3. The van der Waals surface area contributed by atoms with Crippen molar-refractivity contribution < 1.29 is 40.8 Å². The number of carbonyl (C=O) groups excluding carboxylic acids is 1. The molecule has 0 fully saturated rings. The molecule has 3 rings (SSSR count). The van der Waals surface area contributed by atoms with Gasteiger partial charge in [0, 0.05) is 23.9 Å². The zero-order valence-corrected chi connectivity index (χ0v) is 18.3. The van der Waals surface area contributed by atoms with Crippen LogP contribution in [0, 0.1) is 10.1 Å². The van der Waals surface area contributed by atoms with E-state index >= 15 is 8.78 Å². The maximum Gasteiger partial charge on any atom is 0.390 e. The number of allylic oxidation sites excluding steroid dienone is 2. The van der Waals surface area contributed by atoms with Gasteiger partial charge in [0.15, 0.2) is 0 Å². The Morgan fingerprint density at radius 1 is 1.18 bits per heavy atom. The predicted molar refractivity (Wildman–Crippen MR) is 109 cm³/mol. The monoisotopic (exact) mass is 510 g/mol. The van der Waals surface area contributed by atoms with Crippen LogP contribution in [0.15, 0.2) is 59.3 Å². The summed E-state index contributed by atoms with van der Waals surface area (Å²) in [5, 5.41) is 5.29. The number of ether oxygens (including phenoxy) is 1. The Morgan fingerprint density at radius 3 is 2.26 bits per heavy atom. The highest BCUT2D eigenvalue weighted by Gasteiger charge is 2.75. The number of halogens is 7. The predicted octanol–water partition coefficient (Wildman–Crippen LogP) is 5.76. The molecule has 2 aliphatic rings. The second kappa shape index (κ2) is 8.64. The number of fused-ring (bicyclic) bond motifs is 1. The molecule has 0 spiro atoms. The first-order valence-corrected chi connectivity index (χ1v) is 10.1. The smallest absolute Gasteiger partial charge is 0.390 e. The number of benzene rings is 1. The van der Waals surface area contributed by atoms with Crippen LogP contribution in [0.5, 0.6) is 0 Å². The molecule has 184 valence electrons. The van der Waals surface area contributed by atoms with Crippen molar-refractivity contribution >= 4 is 23.3 Å². The molecule has 6 nitrogen and oxygen atoms in total. The minimum Gasteiger partial charge on any atom is -0.463 e. The maximum atomic E-state index is 15.4. The Labute approximate surface area is 194 Å². The van der Waals surface area contributed by atoms with Crippen molar-refractivity contribution in [3.63, 3.8) is 0 Å². The number of esters is 1. The molecule has 0 saturated carbocycles. The lowest BCUT2D eigenvalue weighted by Gasteiger charge is -2.36. The molecule has 0 aromatic heterocycles. The highest BCUT2D eigenvalue weighted by Crippen LogP contribution is 2.58. The number of alkyl halides is 7. The van der Waals surface area contributed by atoms with E-state index in [1.54, 1.807) is 6.92 Å². The van der Waals surface area contributed by atoms with Crippen LogP contribution >= 0.6 is 11.6 Å². The summed E-state index contributed by atoms with van der Waals surface area (Å²) < 4.78 is 91.4. The largest absolute Gasteiger partial charge is 0.463 e. The number of rotatable bonds is 7. The summed E-state index contributed by atoms with van der Waals surface area (Å²) in [7, 11) is 0. The van der Waals surface area contributed by atoms with Crippen molar-refractivity contribution in [3.05, 3.63) is 75.0 Å². The van der Waals surface area contributed by atoms with Crippen LogP contribution in [0.25, 0.3) is 0 Å². The zero-order chi connectivity index (χ0) is 25.6. The van der Waals surface area contributed by atoms with Gasteiger partial charge >= 0.3 is 23.2 Å². The van der Waals surface area contributed by atoms with Crippen molar-refractivity contribution in [1.29, 1.82) is 0 Å². The molecule has 0 radical (unpaired) electrons. The number of nitro benzene ring substituents is 1. The minimum atomic E-state index is -6.11. The van der Waals surface area contributed by atoms with E-state index in [0.29, 0.717) is 5.57 Å². The van der Waals surface area contributed by atoms with Crippen molar-refractivity contribution in [2.45, 2.75) is 43.2 Å². The SMILES string of the molecule is CCOC(=O)C1=C(C(F)(F)C(F)(F)C(F)(F)Cl)C(c2ccc([N+](=O)[O-])cc2)N2C=CC(C)=CC12. The van der Waals surface area contributed by atoms with Crippen LogP contribution in [0.3, 0.4) is 0 Å². The number of non-ortho nitro benzene ring substituents is 1. The van der Waals surface area contributed by atoms with E-state index in [2.05, 4.69) is 11.6 Å². The van der Waals surface area contributed by atoms with E-state index in [0.717, 1.165) is 29.2 Å². The lowest BCUT2D eigenvalue weighted by molar-refractivity contribution is -0.384. The summed E-state index contributed by atoms with van der Waals surface area (Å²) in [6.45, 7) is 2.59. The third-order valence-electron chi connectivity index (χ3n) is 5.41. The molecule has 1 aromatic rings. The van der Waals surface area contributed by atoms with Crippen molar-refractivity contribution in [2.75, 3.05) is 6.61 Å². The molecule has 13 heteroatoms. The van der Waals surface area contributed by atoms with Gasteiger partial charge in [0.05, 0.1) is 29.2 Å². The average molecular weight is 511 g/mol. The first-order chi connectivity index (χ1) is 15.6. The van der Waals surface area contributed by atoms with Crippen LogP contribution in [0.4, 0.5) is 32.0 Å². The molecule has 2 heterocycles. The zero-order valence-electron chi connectivity index (χ0n) is 17.6. The molecule has 0 aliphatic carbocycles. The highest BCUT2D eigenvalue weighted by atomic mass is 35.5. The van der Waals surface area contributed by atoms with Crippen LogP contribution in [0.1, 0.15) is 25.5 Å². The fourth-order valence-corrected chi connectivity index (χ4v) is 3.99. The van der Waals surface area contributed by atoms with Crippen LogP contribution in [-0.4, -0.2) is 45.7 Å². The van der Waals surface area contributed by atoms with Gasteiger partial charge in [-0.05, 0) is 49.2 Å². The van der Waals surface area contributed by atoms with Gasteiger partial charge in [-0.25, -0.2) is 4.79 Å². The van der Waals surface area contributed by atoms with Gasteiger partial charge < -0.3 is 9.64 Å². The number of nitro groups is 1. The quantitative estimate of drug-likeness (QED) is 0.153. The van der Waals surface area contributed by atoms with Crippen molar-refractivity contribution in [3.8, 4) is 0 Å². The molecular formula is C21H17ClF6N2O4. The molecule has 0 amide bonds. The van der Waals surface area contributed by atoms with Gasteiger partial charge in [0.1, 0.15) is 0 Å². The first-order valence-electron chi connectivity index (χ1n) is 9.77. The second-order valence-corrected chi connectivity index (χ2v) is 8.04. The van der Waals surface area contributed by atoms with Gasteiger partial charge in [0.25, 0.3) is 5.69 Å². The van der Waals surface area contributed by atoms with Crippen LogP contribution in [0.2, 0.25) is 0 Å². The van der Waals surface area contributed by atoms with Crippen LogP contribution < -0.4 is 0 Å². The molecule has 2 aliphatic heterocycles. The molecular weight excluding hydrogens is 494 g/mol. The average Bonchev–Trinajstić information content (AvgIpc) is 3.08. The van der Waals surface area contributed by atoms with Gasteiger partial charge in [-0.1, -0.05) is 11.6 Å². The van der Waals surface area contributed by atoms with E-state index in [4.69, 9.17) is 4.74 Å². The number of hydrogen-bond donors (Lipinski definition) is 0. The molecule has 1 aromatic carbocycles. The molecule has 0 saturated heterocycles. The maximum absolute atomic E-state index is 15.4. The molecule has 0 bridgehead atoms. The molecule has 2 unspecified atom stereocenters. The summed E-state index contributed by atoms with van der Waals surface area (Å²) in [5.41, 5.74) is -2.71. The van der Waals surface area contributed by atoms with Gasteiger partial charge in [-0.3, -0.25) is 10.1 Å². The highest BCUT2D eigenvalue weighted by molar-refractivity contribution is 6.22. The molecule has 2 atom stereocenters. The normalized spacial score (nSPS) is 20.9. The van der Waals surface area contributed by atoms with E-state index in [-0.39, 0.29) is 12.2 Å². The summed E-state index contributed by atoms with van der Waals surface area (Å²) >= 11 is 4.39. The number of carbonyl (C=O) groups is 1. The fourth-order valence-electron chi connectivity index (χ4n) is 3.87. The lowest BCUT2D eigenvalue weighted by atomic mass is 9.88. The first kappa shape index (κ1) is 25.6. The van der Waals surface area contributed by atoms with E-state index in [9.17, 15) is 32.5 Å². The van der Waals surface area contributed by atoms with E-state index in [1.165, 1.54) is 25.3 Å². The number of nitrogens with zero attached hydrogens (tertiary/aromatic N) is 2. The van der Waals surface area contributed by atoms with E-state index in [1.807, 2.05) is 0 Å². The van der Waals surface area contributed by atoms with Gasteiger partial charge in [0.2, 0.25) is 0 Å². The topological polar surface area (TPSA) is 72.7 Å². The summed E-state index contributed by atoms with van der Waals surface area (Å²) in [6.07, 6.45) is 3.99. The van der Waals surface area contributed by atoms with Crippen LogP contribution in [-0.2, 0) is 9.53 Å². The lowest BCUT2D eigenvalue weighted by Crippen LogP contribution is -2.53. The molecule has 34 heavy (non-hydrogen) atoms. The summed E-state index contributed by atoms with van der Waals surface area (Å²) in [4.78, 5) is 24.0. The minimum absolute atomic E-state index is 0.184. The third-order valence-corrected chi connectivity index (χ3v) is 5.65. The Hall–Kier alpha value is -3.02.